The smallest absolute Gasteiger partial charge is 0.253 e. The van der Waals surface area contributed by atoms with Gasteiger partial charge in [0.1, 0.15) is 0 Å². The van der Waals surface area contributed by atoms with E-state index in [0.29, 0.717) is 0 Å². The van der Waals surface area contributed by atoms with Gasteiger partial charge < -0.3 is 4.90 Å². The Bertz CT molecular complexity index is 888. The summed E-state index contributed by atoms with van der Waals surface area (Å²) < 4.78 is 0. The predicted molar refractivity (Wildman–Crippen MR) is 107 cm³/mol. The van der Waals surface area contributed by atoms with E-state index in [4.69, 9.17) is 0 Å². The lowest BCUT2D eigenvalue weighted by Crippen LogP contribution is -2.48. The highest BCUT2D eigenvalue weighted by atomic mass is 16.2. The lowest BCUT2D eigenvalue weighted by molar-refractivity contribution is 0.0628. The van der Waals surface area contributed by atoms with E-state index in [2.05, 4.69) is 40.2 Å². The van der Waals surface area contributed by atoms with Crippen molar-refractivity contribution in [3.63, 3.8) is 0 Å². The number of nitrogens with zero attached hydrogens (tertiary/aromatic N) is 3. The molecule has 136 valence electrons. The second-order valence-electron chi connectivity index (χ2n) is 6.83. The van der Waals surface area contributed by atoms with Crippen LogP contribution in [0.2, 0.25) is 0 Å². The number of carbonyl (C=O) groups is 1. The first-order chi connectivity index (χ1) is 13.3. The van der Waals surface area contributed by atoms with E-state index in [1.54, 1.807) is 6.20 Å². The van der Waals surface area contributed by atoms with Crippen LogP contribution in [-0.4, -0.2) is 46.9 Å². The third-order valence-corrected chi connectivity index (χ3v) is 5.06. The summed E-state index contributed by atoms with van der Waals surface area (Å²) >= 11 is 0. The first kappa shape index (κ1) is 17.4. The summed E-state index contributed by atoms with van der Waals surface area (Å²) in [5.74, 6) is 0.131. The third kappa shape index (κ3) is 4.07. The Morgan fingerprint density at radius 3 is 2.33 bits per heavy atom. The number of pyridine rings is 1. The molecule has 4 heteroatoms. The highest BCUT2D eigenvalue weighted by Crippen LogP contribution is 2.24. The average Bonchev–Trinajstić information content (AvgIpc) is 2.75. The van der Waals surface area contributed by atoms with Gasteiger partial charge in [-0.05, 0) is 29.3 Å². The summed E-state index contributed by atoms with van der Waals surface area (Å²) in [7, 11) is 0. The van der Waals surface area contributed by atoms with Gasteiger partial charge in [0, 0.05) is 56.2 Å². The van der Waals surface area contributed by atoms with E-state index in [9.17, 15) is 4.79 Å². The SMILES string of the molecule is O=C(c1ccccc1)N1CCN(Cc2ccccc2-c2cccnc2)CC1. The number of carbonyl (C=O) groups excluding carboxylic acids is 1. The van der Waals surface area contributed by atoms with E-state index >= 15 is 0 Å². The van der Waals surface area contributed by atoms with Crippen LogP contribution in [0.25, 0.3) is 11.1 Å². The van der Waals surface area contributed by atoms with Crippen molar-refractivity contribution in [2.24, 2.45) is 0 Å². The molecule has 0 aliphatic carbocycles. The topological polar surface area (TPSA) is 36.4 Å². The molecule has 0 spiro atoms. The summed E-state index contributed by atoms with van der Waals surface area (Å²) in [6, 6.07) is 22.1. The Labute approximate surface area is 160 Å². The summed E-state index contributed by atoms with van der Waals surface area (Å²) in [5, 5.41) is 0. The highest BCUT2D eigenvalue weighted by Gasteiger charge is 2.22. The fourth-order valence-corrected chi connectivity index (χ4v) is 3.58. The maximum atomic E-state index is 12.6. The van der Waals surface area contributed by atoms with Crippen molar-refractivity contribution < 1.29 is 4.79 Å². The minimum absolute atomic E-state index is 0.131. The van der Waals surface area contributed by atoms with Crippen molar-refractivity contribution in [3.05, 3.63) is 90.3 Å². The third-order valence-electron chi connectivity index (χ3n) is 5.06. The monoisotopic (exact) mass is 357 g/mol. The van der Waals surface area contributed by atoms with Crippen LogP contribution in [0.1, 0.15) is 15.9 Å². The van der Waals surface area contributed by atoms with Crippen molar-refractivity contribution in [2.45, 2.75) is 6.54 Å². The summed E-state index contributed by atoms with van der Waals surface area (Å²) in [4.78, 5) is 21.2. The summed E-state index contributed by atoms with van der Waals surface area (Å²) in [6.45, 7) is 4.20. The van der Waals surface area contributed by atoms with Crippen LogP contribution in [0.3, 0.4) is 0 Å². The largest absolute Gasteiger partial charge is 0.336 e. The molecule has 0 saturated carbocycles. The van der Waals surface area contributed by atoms with Crippen LogP contribution < -0.4 is 0 Å². The number of piperazine rings is 1. The standard InChI is InChI=1S/C23H23N3O/c27-23(19-7-2-1-3-8-19)26-15-13-25(14-16-26)18-21-9-4-5-11-22(21)20-10-6-12-24-17-20/h1-12,17H,13-16,18H2. The van der Waals surface area contributed by atoms with Crippen LogP contribution in [-0.2, 0) is 6.54 Å². The van der Waals surface area contributed by atoms with Crippen molar-refractivity contribution in [1.29, 1.82) is 0 Å². The number of benzene rings is 2. The van der Waals surface area contributed by atoms with Crippen LogP contribution in [0, 0.1) is 0 Å². The molecule has 1 aromatic heterocycles. The van der Waals surface area contributed by atoms with E-state index in [1.165, 1.54) is 11.1 Å². The number of hydrogen-bond acceptors (Lipinski definition) is 3. The van der Waals surface area contributed by atoms with Gasteiger partial charge in [0.15, 0.2) is 0 Å². The van der Waals surface area contributed by atoms with E-state index in [1.807, 2.05) is 47.5 Å². The normalized spacial score (nSPS) is 14.9. The number of rotatable bonds is 4. The molecule has 0 bridgehead atoms. The van der Waals surface area contributed by atoms with Gasteiger partial charge in [-0.2, -0.15) is 0 Å². The van der Waals surface area contributed by atoms with Crippen LogP contribution in [0.4, 0.5) is 0 Å². The second-order valence-corrected chi connectivity index (χ2v) is 6.83. The molecule has 1 fully saturated rings. The highest BCUT2D eigenvalue weighted by molar-refractivity contribution is 5.94. The molecule has 4 nitrogen and oxygen atoms in total. The maximum absolute atomic E-state index is 12.6. The predicted octanol–water partition coefficient (Wildman–Crippen LogP) is 3.71. The molecule has 1 amide bonds. The molecule has 1 saturated heterocycles. The Morgan fingerprint density at radius 2 is 1.59 bits per heavy atom. The first-order valence-electron chi connectivity index (χ1n) is 9.36. The van der Waals surface area contributed by atoms with Gasteiger partial charge in [-0.3, -0.25) is 14.7 Å². The van der Waals surface area contributed by atoms with Crippen molar-refractivity contribution >= 4 is 5.91 Å². The molecular weight excluding hydrogens is 334 g/mol. The Kier molecular flexibility index (Phi) is 5.26. The lowest BCUT2D eigenvalue weighted by atomic mass is 10.0. The molecule has 27 heavy (non-hydrogen) atoms. The quantitative estimate of drug-likeness (QED) is 0.714. The molecule has 0 radical (unpaired) electrons. The molecule has 2 aromatic carbocycles. The molecule has 3 aromatic rings. The molecule has 0 N–H and O–H groups in total. The van der Waals surface area contributed by atoms with Crippen LogP contribution in [0.5, 0.6) is 0 Å². The van der Waals surface area contributed by atoms with E-state index in [-0.39, 0.29) is 5.91 Å². The van der Waals surface area contributed by atoms with E-state index < -0.39 is 0 Å². The summed E-state index contributed by atoms with van der Waals surface area (Å²) in [5.41, 5.74) is 4.44. The fraction of sp³-hybridized carbons (Fsp3) is 0.217. The molecule has 4 rings (SSSR count). The Hall–Kier alpha value is -2.98. The van der Waals surface area contributed by atoms with Gasteiger partial charge in [-0.25, -0.2) is 0 Å². The van der Waals surface area contributed by atoms with Crippen LogP contribution >= 0.6 is 0 Å². The van der Waals surface area contributed by atoms with Crippen molar-refractivity contribution in [2.75, 3.05) is 26.2 Å². The molecule has 0 atom stereocenters. The molecule has 2 heterocycles. The van der Waals surface area contributed by atoms with Gasteiger partial charge in [0.05, 0.1) is 0 Å². The minimum atomic E-state index is 0.131. The minimum Gasteiger partial charge on any atom is -0.336 e. The number of hydrogen-bond donors (Lipinski definition) is 0. The van der Waals surface area contributed by atoms with Gasteiger partial charge in [0.25, 0.3) is 5.91 Å². The molecule has 1 aliphatic heterocycles. The van der Waals surface area contributed by atoms with Gasteiger partial charge in [-0.1, -0.05) is 48.5 Å². The molecule has 1 aliphatic rings. The fourth-order valence-electron chi connectivity index (χ4n) is 3.58. The zero-order valence-electron chi connectivity index (χ0n) is 15.3. The lowest BCUT2D eigenvalue weighted by Gasteiger charge is -2.35. The van der Waals surface area contributed by atoms with Crippen LogP contribution in [0.15, 0.2) is 79.1 Å². The number of amides is 1. The zero-order chi connectivity index (χ0) is 18.5. The summed E-state index contributed by atoms with van der Waals surface area (Å²) in [6.07, 6.45) is 3.71. The Balaban J connectivity index is 1.41. The average molecular weight is 357 g/mol. The van der Waals surface area contributed by atoms with Gasteiger partial charge in [0.2, 0.25) is 0 Å². The molecular formula is C23H23N3O. The van der Waals surface area contributed by atoms with E-state index in [0.717, 1.165) is 43.9 Å². The van der Waals surface area contributed by atoms with Gasteiger partial charge >= 0.3 is 0 Å². The zero-order valence-corrected chi connectivity index (χ0v) is 15.3. The van der Waals surface area contributed by atoms with Gasteiger partial charge in [-0.15, -0.1) is 0 Å². The Morgan fingerprint density at radius 1 is 0.852 bits per heavy atom. The number of aromatic nitrogens is 1. The second kappa shape index (κ2) is 8.14. The van der Waals surface area contributed by atoms with Crippen molar-refractivity contribution in [1.82, 2.24) is 14.8 Å². The first-order valence-corrected chi connectivity index (χ1v) is 9.36. The molecule has 0 unspecified atom stereocenters. The van der Waals surface area contributed by atoms with Crippen molar-refractivity contribution in [3.8, 4) is 11.1 Å². The maximum Gasteiger partial charge on any atom is 0.253 e.